The molecule has 1 unspecified atom stereocenters. The van der Waals surface area contributed by atoms with E-state index in [1.807, 2.05) is 25.3 Å². The Morgan fingerprint density at radius 2 is 2.00 bits per heavy atom. The number of nitrogens with zero attached hydrogens (tertiary/aromatic N) is 3. The minimum Gasteiger partial charge on any atom is -0.461 e. The number of nitrogens with one attached hydrogen (secondary N) is 1. The van der Waals surface area contributed by atoms with Gasteiger partial charge in [-0.25, -0.2) is 9.97 Å². The standard InChI is InChI=1S/C18H18N4O2S/c1-11(13-6-8-19-9-7-13)21-17(23)15-12(2)20-16(22-18(15)25-3)14-5-4-10-24-14/h4-11H,1-3H3,(H,21,23). The van der Waals surface area contributed by atoms with Gasteiger partial charge in [-0.05, 0) is 49.9 Å². The number of hydrogen-bond acceptors (Lipinski definition) is 6. The van der Waals surface area contributed by atoms with Gasteiger partial charge in [0.25, 0.3) is 5.91 Å². The summed E-state index contributed by atoms with van der Waals surface area (Å²) in [5, 5.41) is 3.62. The van der Waals surface area contributed by atoms with Crippen molar-refractivity contribution in [1.29, 1.82) is 0 Å². The first-order chi connectivity index (χ1) is 12.1. The van der Waals surface area contributed by atoms with Gasteiger partial charge >= 0.3 is 0 Å². The number of hydrogen-bond donors (Lipinski definition) is 1. The quantitative estimate of drug-likeness (QED) is 0.556. The molecule has 3 aromatic rings. The zero-order chi connectivity index (χ0) is 17.8. The van der Waals surface area contributed by atoms with Crippen LogP contribution < -0.4 is 5.32 Å². The number of furan rings is 1. The number of pyridine rings is 1. The maximum Gasteiger partial charge on any atom is 0.256 e. The first-order valence-corrected chi connectivity index (χ1v) is 9.00. The summed E-state index contributed by atoms with van der Waals surface area (Å²) < 4.78 is 5.36. The van der Waals surface area contributed by atoms with Gasteiger partial charge in [-0.3, -0.25) is 9.78 Å². The molecular formula is C18H18N4O2S. The van der Waals surface area contributed by atoms with Crippen molar-refractivity contribution in [2.75, 3.05) is 6.26 Å². The van der Waals surface area contributed by atoms with Gasteiger partial charge in [0.2, 0.25) is 0 Å². The minimum absolute atomic E-state index is 0.144. The highest BCUT2D eigenvalue weighted by atomic mass is 32.2. The molecule has 0 fully saturated rings. The van der Waals surface area contributed by atoms with E-state index < -0.39 is 0 Å². The topological polar surface area (TPSA) is 80.9 Å². The Hall–Kier alpha value is -2.67. The number of rotatable bonds is 5. The molecule has 0 aromatic carbocycles. The molecule has 25 heavy (non-hydrogen) atoms. The van der Waals surface area contributed by atoms with Crippen molar-refractivity contribution >= 4 is 17.7 Å². The normalized spacial score (nSPS) is 12.0. The fraction of sp³-hybridized carbons (Fsp3) is 0.222. The van der Waals surface area contributed by atoms with Crippen LogP contribution in [-0.2, 0) is 0 Å². The van der Waals surface area contributed by atoms with Crippen molar-refractivity contribution < 1.29 is 9.21 Å². The second kappa shape index (κ2) is 7.48. The second-order valence-electron chi connectivity index (χ2n) is 5.47. The summed E-state index contributed by atoms with van der Waals surface area (Å²) in [5.74, 6) is 0.859. The largest absolute Gasteiger partial charge is 0.461 e. The number of carbonyl (C=O) groups is 1. The van der Waals surface area contributed by atoms with E-state index in [9.17, 15) is 4.79 Å². The van der Waals surface area contributed by atoms with Crippen LogP contribution in [0.25, 0.3) is 11.6 Å². The van der Waals surface area contributed by atoms with Crippen molar-refractivity contribution in [2.24, 2.45) is 0 Å². The Balaban J connectivity index is 1.89. The predicted molar refractivity (Wildman–Crippen MR) is 96.4 cm³/mol. The van der Waals surface area contributed by atoms with E-state index in [1.165, 1.54) is 11.8 Å². The Morgan fingerprint density at radius 3 is 2.64 bits per heavy atom. The molecule has 6 nitrogen and oxygen atoms in total. The van der Waals surface area contributed by atoms with E-state index in [-0.39, 0.29) is 11.9 Å². The lowest BCUT2D eigenvalue weighted by Gasteiger charge is -2.16. The molecule has 7 heteroatoms. The third-order valence-corrected chi connectivity index (χ3v) is 4.45. The number of aromatic nitrogens is 3. The van der Waals surface area contributed by atoms with Gasteiger partial charge in [-0.15, -0.1) is 11.8 Å². The zero-order valence-electron chi connectivity index (χ0n) is 14.2. The maximum absolute atomic E-state index is 12.8. The van der Waals surface area contributed by atoms with Gasteiger partial charge in [0.1, 0.15) is 5.03 Å². The summed E-state index contributed by atoms with van der Waals surface area (Å²) in [6.45, 7) is 3.74. The monoisotopic (exact) mass is 354 g/mol. The average Bonchev–Trinajstić information content (AvgIpc) is 3.16. The maximum atomic E-state index is 12.8. The van der Waals surface area contributed by atoms with Crippen LogP contribution in [0.2, 0.25) is 0 Å². The van der Waals surface area contributed by atoms with E-state index in [1.54, 1.807) is 37.7 Å². The van der Waals surface area contributed by atoms with Crippen LogP contribution in [0, 0.1) is 6.92 Å². The van der Waals surface area contributed by atoms with Crippen molar-refractivity contribution in [3.8, 4) is 11.6 Å². The van der Waals surface area contributed by atoms with Crippen LogP contribution in [-0.4, -0.2) is 27.1 Å². The average molecular weight is 354 g/mol. The molecule has 0 saturated heterocycles. The lowest BCUT2D eigenvalue weighted by molar-refractivity contribution is 0.0935. The first kappa shape index (κ1) is 17.2. The van der Waals surface area contributed by atoms with E-state index in [2.05, 4.69) is 20.3 Å². The van der Waals surface area contributed by atoms with E-state index in [0.717, 1.165) is 5.56 Å². The summed E-state index contributed by atoms with van der Waals surface area (Å²) in [7, 11) is 0. The van der Waals surface area contributed by atoms with Crippen LogP contribution >= 0.6 is 11.8 Å². The molecule has 3 rings (SSSR count). The van der Waals surface area contributed by atoms with Crippen LogP contribution in [0.15, 0.2) is 52.4 Å². The fourth-order valence-corrected chi connectivity index (χ4v) is 3.10. The van der Waals surface area contributed by atoms with Gasteiger partial charge in [-0.2, -0.15) is 0 Å². The fourth-order valence-electron chi connectivity index (χ4n) is 2.48. The van der Waals surface area contributed by atoms with Gasteiger partial charge in [-0.1, -0.05) is 0 Å². The molecule has 0 aliphatic rings. The van der Waals surface area contributed by atoms with Crippen LogP contribution in [0.5, 0.6) is 0 Å². The molecule has 128 valence electrons. The number of amides is 1. The summed E-state index contributed by atoms with van der Waals surface area (Å²) in [6.07, 6.45) is 6.87. The first-order valence-electron chi connectivity index (χ1n) is 7.77. The Kier molecular flexibility index (Phi) is 5.14. The highest BCUT2D eigenvalue weighted by Gasteiger charge is 2.21. The molecule has 0 spiro atoms. The van der Waals surface area contributed by atoms with Gasteiger partial charge in [0.15, 0.2) is 11.6 Å². The molecule has 1 amide bonds. The predicted octanol–water partition coefficient (Wildman–Crippen LogP) is 3.65. The highest BCUT2D eigenvalue weighted by Crippen LogP contribution is 2.25. The smallest absolute Gasteiger partial charge is 0.256 e. The van der Waals surface area contributed by atoms with Crippen molar-refractivity contribution in [1.82, 2.24) is 20.3 Å². The lowest BCUT2D eigenvalue weighted by atomic mass is 10.1. The van der Waals surface area contributed by atoms with Crippen molar-refractivity contribution in [2.45, 2.75) is 24.9 Å². The number of thioether (sulfide) groups is 1. The number of carbonyl (C=O) groups excluding carboxylic acids is 1. The molecule has 0 radical (unpaired) electrons. The SMILES string of the molecule is CSc1nc(-c2ccco2)nc(C)c1C(=O)NC(C)c1ccncc1. The molecular weight excluding hydrogens is 336 g/mol. The summed E-state index contributed by atoms with van der Waals surface area (Å²) in [6, 6.07) is 7.19. The van der Waals surface area contributed by atoms with Gasteiger partial charge in [0.05, 0.1) is 23.6 Å². The molecule has 0 aliphatic heterocycles. The summed E-state index contributed by atoms with van der Waals surface area (Å²) >= 11 is 1.41. The van der Waals surface area contributed by atoms with Gasteiger partial charge in [0, 0.05) is 12.4 Å². The van der Waals surface area contributed by atoms with Crippen LogP contribution in [0.4, 0.5) is 0 Å². The highest BCUT2D eigenvalue weighted by molar-refractivity contribution is 7.98. The van der Waals surface area contributed by atoms with E-state index >= 15 is 0 Å². The van der Waals surface area contributed by atoms with E-state index in [4.69, 9.17) is 4.42 Å². The minimum atomic E-state index is -0.197. The lowest BCUT2D eigenvalue weighted by Crippen LogP contribution is -2.28. The van der Waals surface area contributed by atoms with Crippen LogP contribution in [0.1, 0.15) is 34.6 Å². The Labute approximate surface area is 150 Å². The molecule has 3 heterocycles. The summed E-state index contributed by atoms with van der Waals surface area (Å²) in [5.41, 5.74) is 2.09. The van der Waals surface area contributed by atoms with E-state index in [0.29, 0.717) is 27.9 Å². The molecule has 0 aliphatic carbocycles. The van der Waals surface area contributed by atoms with Gasteiger partial charge < -0.3 is 9.73 Å². The molecule has 1 N–H and O–H groups in total. The van der Waals surface area contributed by atoms with Crippen molar-refractivity contribution in [3.63, 3.8) is 0 Å². The molecule has 3 aromatic heterocycles. The Morgan fingerprint density at radius 1 is 1.24 bits per heavy atom. The van der Waals surface area contributed by atoms with Crippen LogP contribution in [0.3, 0.4) is 0 Å². The second-order valence-corrected chi connectivity index (χ2v) is 6.26. The molecule has 0 saturated carbocycles. The Bertz CT molecular complexity index is 866. The summed E-state index contributed by atoms with van der Waals surface area (Å²) in [4.78, 5) is 25.7. The zero-order valence-corrected chi connectivity index (χ0v) is 15.0. The molecule has 0 bridgehead atoms. The number of aryl methyl sites for hydroxylation is 1. The molecule has 1 atom stereocenters. The third-order valence-electron chi connectivity index (χ3n) is 3.77. The van der Waals surface area contributed by atoms with Crippen molar-refractivity contribution in [3.05, 3.63) is 59.7 Å². The third kappa shape index (κ3) is 3.71.